The van der Waals surface area contributed by atoms with Crippen LogP contribution in [0.25, 0.3) is 21.7 Å². The number of rotatable bonds is 4. The van der Waals surface area contributed by atoms with Crippen LogP contribution in [0.1, 0.15) is 0 Å². The Kier molecular flexibility index (Phi) is 4.60. The molecule has 2 N–H and O–H groups in total. The maximum atomic E-state index is 12.9. The summed E-state index contributed by atoms with van der Waals surface area (Å²) < 4.78 is 5.92. The van der Waals surface area contributed by atoms with Crippen molar-refractivity contribution in [1.29, 1.82) is 0 Å². The third-order valence-electron chi connectivity index (χ3n) is 4.83. The van der Waals surface area contributed by atoms with Crippen LogP contribution >= 0.6 is 11.5 Å². The Bertz CT molecular complexity index is 1660. The predicted molar refractivity (Wildman–Crippen MR) is 120 cm³/mol. The molecule has 0 spiro atoms. The fourth-order valence-corrected chi connectivity index (χ4v) is 3.96. The van der Waals surface area contributed by atoms with Gasteiger partial charge in [0, 0.05) is 29.3 Å². The van der Waals surface area contributed by atoms with Crippen LogP contribution in [0, 0.1) is 0 Å². The zero-order valence-electron chi connectivity index (χ0n) is 16.2. The fourth-order valence-electron chi connectivity index (χ4n) is 3.25. The van der Waals surface area contributed by atoms with E-state index in [1.54, 1.807) is 48.3 Å². The Hall–Kier alpha value is -4.18. The van der Waals surface area contributed by atoms with Crippen LogP contribution in [0.2, 0.25) is 0 Å². The van der Waals surface area contributed by atoms with E-state index in [0.717, 1.165) is 10.9 Å². The molecule has 5 rings (SSSR count). The van der Waals surface area contributed by atoms with E-state index in [0.29, 0.717) is 21.6 Å². The lowest BCUT2D eigenvalue weighted by molar-refractivity contribution is 0.770. The summed E-state index contributed by atoms with van der Waals surface area (Å²) in [5.74, 6) is 0.587. The number of fused-ring (bicyclic) bond motifs is 2. The molecule has 10 heteroatoms. The average molecular weight is 429 g/mol. The molecule has 0 saturated carbocycles. The number of hydrogen-bond acceptors (Lipinski definition) is 9. The summed E-state index contributed by atoms with van der Waals surface area (Å²) in [5, 5.41) is 15.2. The predicted octanol–water partition coefficient (Wildman–Crippen LogP) is 1.63. The number of aromatic nitrogens is 3. The molecule has 0 aliphatic heterocycles. The normalized spacial score (nSPS) is 12.7. The van der Waals surface area contributed by atoms with Gasteiger partial charge in [0.25, 0.3) is 10.9 Å². The van der Waals surface area contributed by atoms with Crippen molar-refractivity contribution in [1.82, 2.24) is 14.2 Å². The Morgan fingerprint density at radius 2 is 1.45 bits per heavy atom. The van der Waals surface area contributed by atoms with Gasteiger partial charge in [0.1, 0.15) is 21.5 Å². The van der Waals surface area contributed by atoms with Crippen LogP contribution in [0.4, 0.5) is 10.8 Å². The minimum absolute atomic E-state index is 0.0315. The fraction of sp³-hybridized carbons (Fsp3) is 0.0476. The van der Waals surface area contributed by atoms with Gasteiger partial charge in [0.05, 0.1) is 11.7 Å². The molecular formula is C21H15N7O2S. The Labute approximate surface area is 178 Å². The van der Waals surface area contributed by atoms with Gasteiger partial charge in [-0.15, -0.1) is 0 Å². The Morgan fingerprint density at radius 3 is 2.10 bits per heavy atom. The van der Waals surface area contributed by atoms with Crippen molar-refractivity contribution in [2.45, 2.75) is 0 Å². The second-order valence-corrected chi connectivity index (χ2v) is 7.49. The summed E-state index contributed by atoms with van der Waals surface area (Å²) >= 11 is 1.24. The lowest BCUT2D eigenvalue weighted by atomic mass is 10.1. The summed E-state index contributed by atoms with van der Waals surface area (Å²) in [7, 11) is 1.74. The molecule has 0 fully saturated rings. The molecule has 0 amide bonds. The molecule has 152 valence electrons. The van der Waals surface area contributed by atoms with Gasteiger partial charge in [-0.1, -0.05) is 36.4 Å². The molecule has 2 aromatic heterocycles. The van der Waals surface area contributed by atoms with Crippen LogP contribution in [-0.2, 0) is 7.05 Å². The van der Waals surface area contributed by atoms with Gasteiger partial charge < -0.3 is 0 Å². The largest absolute Gasteiger partial charge is 0.283 e. The minimum atomic E-state index is -0.733. The molecule has 5 aromatic rings. The van der Waals surface area contributed by atoms with Crippen molar-refractivity contribution in [2.24, 2.45) is 17.3 Å². The summed E-state index contributed by atoms with van der Waals surface area (Å²) in [6.45, 7) is 0. The van der Waals surface area contributed by atoms with Crippen molar-refractivity contribution in [2.75, 3.05) is 10.9 Å². The molecule has 9 nitrogen and oxygen atoms in total. The lowest BCUT2D eigenvalue weighted by Gasteiger charge is -2.02. The minimum Gasteiger partial charge on any atom is -0.283 e. The van der Waals surface area contributed by atoms with Crippen molar-refractivity contribution in [3.63, 3.8) is 0 Å². The van der Waals surface area contributed by atoms with Crippen molar-refractivity contribution >= 4 is 44.0 Å². The van der Waals surface area contributed by atoms with Gasteiger partial charge in [-0.05, 0) is 23.7 Å². The second kappa shape index (κ2) is 7.58. The van der Waals surface area contributed by atoms with Crippen molar-refractivity contribution in [3.8, 4) is 0 Å². The average Bonchev–Trinajstić information content (AvgIpc) is 3.40. The van der Waals surface area contributed by atoms with Crippen LogP contribution in [0.15, 0.2) is 80.6 Å². The zero-order valence-corrected chi connectivity index (χ0v) is 17.1. The highest BCUT2D eigenvalue weighted by molar-refractivity contribution is 7.11. The molecule has 0 radical (unpaired) electrons. The van der Waals surface area contributed by atoms with Crippen molar-refractivity contribution < 1.29 is 0 Å². The highest BCUT2D eigenvalue weighted by Crippen LogP contribution is 2.26. The molecule has 2 heterocycles. The van der Waals surface area contributed by atoms with Crippen LogP contribution < -0.4 is 32.4 Å². The van der Waals surface area contributed by atoms with E-state index in [4.69, 9.17) is 0 Å². The van der Waals surface area contributed by atoms with E-state index < -0.39 is 10.9 Å². The van der Waals surface area contributed by atoms with Crippen LogP contribution in [0.5, 0.6) is 0 Å². The smallest absolute Gasteiger partial charge is 0.256 e. The third kappa shape index (κ3) is 3.28. The van der Waals surface area contributed by atoms with E-state index in [-0.39, 0.29) is 10.7 Å². The van der Waals surface area contributed by atoms with E-state index in [1.165, 1.54) is 11.5 Å². The van der Waals surface area contributed by atoms with Crippen LogP contribution in [0.3, 0.4) is 0 Å². The molecule has 0 unspecified atom stereocenters. The zero-order chi connectivity index (χ0) is 21.4. The van der Waals surface area contributed by atoms with E-state index in [9.17, 15) is 9.59 Å². The first-order valence-electron chi connectivity index (χ1n) is 9.32. The highest BCUT2D eigenvalue weighted by Gasteiger charge is 2.11. The first-order valence-corrected chi connectivity index (χ1v) is 10.1. The van der Waals surface area contributed by atoms with Gasteiger partial charge in [-0.2, -0.15) is 19.7 Å². The second-order valence-electron chi connectivity index (χ2n) is 6.72. The molecule has 0 atom stereocenters. The Morgan fingerprint density at radius 1 is 0.839 bits per heavy atom. The number of nitrogens with zero attached hydrogens (tertiary/aromatic N) is 5. The molecule has 0 aliphatic carbocycles. The Balaban J connectivity index is 1.67. The topological polar surface area (TPSA) is 114 Å². The highest BCUT2D eigenvalue weighted by atomic mass is 32.1. The molecule has 0 bridgehead atoms. The molecule has 0 aliphatic rings. The van der Waals surface area contributed by atoms with Crippen molar-refractivity contribution in [3.05, 3.63) is 92.0 Å². The van der Waals surface area contributed by atoms with Gasteiger partial charge >= 0.3 is 0 Å². The lowest BCUT2D eigenvalue weighted by Crippen LogP contribution is -2.48. The van der Waals surface area contributed by atoms with E-state index in [1.807, 2.05) is 24.3 Å². The quantitative estimate of drug-likeness (QED) is 0.332. The SMILES string of the molecule is Cn1nccc1N/N=c1\c(=O)c(=O)/c(=N/Nc2snc3ccccc23)c2ccccc12. The van der Waals surface area contributed by atoms with Gasteiger partial charge in [0.15, 0.2) is 0 Å². The number of aryl methyl sites for hydroxylation is 1. The van der Waals surface area contributed by atoms with Gasteiger partial charge in [-0.3, -0.25) is 25.1 Å². The monoisotopic (exact) mass is 429 g/mol. The molecule has 3 aromatic carbocycles. The summed E-state index contributed by atoms with van der Waals surface area (Å²) in [6, 6.07) is 16.4. The van der Waals surface area contributed by atoms with Gasteiger partial charge in [0.2, 0.25) is 0 Å². The number of anilines is 2. The number of hydrogen-bond donors (Lipinski definition) is 2. The van der Waals surface area contributed by atoms with E-state index >= 15 is 0 Å². The molecular weight excluding hydrogens is 414 g/mol. The maximum Gasteiger partial charge on any atom is 0.256 e. The number of nitrogens with one attached hydrogen (secondary N) is 2. The summed E-state index contributed by atoms with van der Waals surface area (Å²) in [4.78, 5) is 25.7. The summed E-state index contributed by atoms with van der Waals surface area (Å²) in [5.41, 5.74) is 5.07. The standard InChI is InChI=1S/C21H15N7O2S/c1-28-16(10-11-22-28)23-24-17-12-6-2-3-7-13(12)18(20(30)19(17)29)25-26-21-14-8-4-5-9-15(14)27-31-21/h2-11,23,26H,1H3/b24-17-,25-18+. The number of benzene rings is 3. The first kappa shape index (κ1) is 18.8. The third-order valence-corrected chi connectivity index (χ3v) is 5.61. The van der Waals surface area contributed by atoms with Gasteiger partial charge in [-0.25, -0.2) is 0 Å². The molecule has 31 heavy (non-hydrogen) atoms. The summed E-state index contributed by atoms with van der Waals surface area (Å²) in [6.07, 6.45) is 1.60. The molecule has 0 saturated heterocycles. The van der Waals surface area contributed by atoms with Crippen LogP contribution in [-0.4, -0.2) is 14.2 Å². The first-order chi connectivity index (χ1) is 15.1. The maximum absolute atomic E-state index is 12.9. The van der Waals surface area contributed by atoms with E-state index in [2.05, 4.69) is 30.5 Å².